The van der Waals surface area contributed by atoms with Crippen molar-refractivity contribution in [3.05, 3.63) is 77.6 Å². The summed E-state index contributed by atoms with van der Waals surface area (Å²) in [5, 5.41) is 13.8. The Labute approximate surface area is 221 Å². The fourth-order valence-corrected chi connectivity index (χ4v) is 4.98. The molecule has 200 valence electrons. The van der Waals surface area contributed by atoms with Crippen LogP contribution >= 0.6 is 0 Å². The number of aromatic nitrogens is 2. The van der Waals surface area contributed by atoms with Crippen molar-refractivity contribution >= 4 is 21.6 Å². The third kappa shape index (κ3) is 6.65. The van der Waals surface area contributed by atoms with Crippen LogP contribution in [0.1, 0.15) is 36.5 Å². The predicted molar refractivity (Wildman–Crippen MR) is 141 cm³/mol. The van der Waals surface area contributed by atoms with Crippen LogP contribution in [0.2, 0.25) is 0 Å². The average Bonchev–Trinajstić information content (AvgIpc) is 2.89. The quantitative estimate of drug-likeness (QED) is 0.335. The molecule has 2 heterocycles. The van der Waals surface area contributed by atoms with Gasteiger partial charge in [0.2, 0.25) is 5.88 Å². The van der Waals surface area contributed by atoms with Gasteiger partial charge in [-0.3, -0.25) is 0 Å². The lowest BCUT2D eigenvalue weighted by molar-refractivity contribution is 0.0519. The highest BCUT2D eigenvalue weighted by Crippen LogP contribution is 2.28. The number of carboxylic acid groups (broad SMARTS) is 1. The van der Waals surface area contributed by atoms with Crippen molar-refractivity contribution in [1.82, 2.24) is 14.9 Å². The molecule has 0 aliphatic carbocycles. The van der Waals surface area contributed by atoms with Crippen LogP contribution in [0, 0.1) is 6.92 Å². The summed E-state index contributed by atoms with van der Waals surface area (Å²) in [6.45, 7) is 3.88. The van der Waals surface area contributed by atoms with E-state index < -0.39 is 15.9 Å². The number of rotatable bonds is 8. The van der Waals surface area contributed by atoms with E-state index in [1.807, 2.05) is 30.3 Å². The summed E-state index contributed by atoms with van der Waals surface area (Å²) in [4.78, 5) is 27.5. The molecule has 1 fully saturated rings. The lowest BCUT2D eigenvalue weighted by atomic mass is 9.94. The van der Waals surface area contributed by atoms with E-state index in [-0.39, 0.29) is 22.9 Å². The Morgan fingerprint density at radius 1 is 1.11 bits per heavy atom. The summed E-state index contributed by atoms with van der Waals surface area (Å²) in [6.07, 6.45) is 3.00. The molecule has 2 atom stereocenters. The molecule has 1 aliphatic heterocycles. The largest absolute Gasteiger partial charge is 0.474 e. The van der Waals surface area contributed by atoms with Gasteiger partial charge in [-0.2, -0.15) is 4.98 Å². The Morgan fingerprint density at radius 2 is 1.79 bits per heavy atom. The number of likely N-dealkylation sites (tertiary alicyclic amines) is 1. The Hall–Kier alpha value is -3.99. The van der Waals surface area contributed by atoms with Gasteiger partial charge in [0.25, 0.3) is 5.88 Å². The molecule has 1 aliphatic rings. The van der Waals surface area contributed by atoms with Gasteiger partial charge in [0.05, 0.1) is 16.2 Å². The number of sulfone groups is 1. The average molecular weight is 539 g/mol. The number of hydrogen-bond acceptors (Lipinski definition) is 8. The number of amides is 1. The van der Waals surface area contributed by atoms with Crippen LogP contribution in [-0.4, -0.2) is 65.1 Å². The second kappa shape index (κ2) is 11.6. The maximum absolute atomic E-state index is 11.8. The summed E-state index contributed by atoms with van der Waals surface area (Å²) in [5.74, 6) is 0.582. The second-order valence-electron chi connectivity index (χ2n) is 9.26. The van der Waals surface area contributed by atoms with Gasteiger partial charge >= 0.3 is 6.09 Å². The zero-order valence-electron chi connectivity index (χ0n) is 21.4. The number of nitrogens with zero attached hydrogens (tertiary/aromatic N) is 4. The molecule has 2 aromatic carbocycles. The molecular weight excluding hydrogens is 508 g/mol. The van der Waals surface area contributed by atoms with Crippen LogP contribution < -0.4 is 9.57 Å². The molecule has 38 heavy (non-hydrogen) atoms. The molecule has 3 aromatic rings. The normalized spacial score (nSPS) is 18.2. The summed E-state index contributed by atoms with van der Waals surface area (Å²) < 4.78 is 29.6. The molecule has 11 heteroatoms. The molecule has 1 N–H and O–H groups in total. The summed E-state index contributed by atoms with van der Waals surface area (Å²) >= 11 is 0. The van der Waals surface area contributed by atoms with Crippen LogP contribution in [0.5, 0.6) is 11.8 Å². The SMILES string of the molecule is CC(=NOc1ncnc(OC2CCN(C(=O)O)C(Cc3ccccc3)C2)c1C)c1ccc(S(C)(=O)=O)cc1. The summed E-state index contributed by atoms with van der Waals surface area (Å²) in [6, 6.07) is 16.0. The van der Waals surface area contributed by atoms with E-state index in [0.717, 1.165) is 11.8 Å². The Kier molecular flexibility index (Phi) is 8.26. The van der Waals surface area contributed by atoms with Gasteiger partial charge in [0.15, 0.2) is 9.84 Å². The van der Waals surface area contributed by atoms with Crippen LogP contribution in [-0.2, 0) is 16.3 Å². The number of carbonyl (C=O) groups is 1. The first-order chi connectivity index (χ1) is 18.1. The lowest BCUT2D eigenvalue weighted by Crippen LogP contribution is -2.49. The van der Waals surface area contributed by atoms with E-state index in [1.54, 1.807) is 26.0 Å². The predicted octanol–water partition coefficient (Wildman–Crippen LogP) is 4.12. The number of oxime groups is 1. The highest BCUT2D eigenvalue weighted by molar-refractivity contribution is 7.90. The second-order valence-corrected chi connectivity index (χ2v) is 11.3. The van der Waals surface area contributed by atoms with Crippen LogP contribution in [0.3, 0.4) is 0 Å². The maximum Gasteiger partial charge on any atom is 0.407 e. The van der Waals surface area contributed by atoms with Crippen molar-refractivity contribution in [3.63, 3.8) is 0 Å². The fraction of sp³-hybridized carbons (Fsp3) is 0.333. The molecule has 0 radical (unpaired) electrons. The zero-order valence-corrected chi connectivity index (χ0v) is 22.3. The number of piperidine rings is 1. The maximum atomic E-state index is 11.8. The van der Waals surface area contributed by atoms with E-state index in [0.29, 0.717) is 48.5 Å². The van der Waals surface area contributed by atoms with Gasteiger partial charge in [0.1, 0.15) is 12.4 Å². The minimum absolute atomic E-state index is 0.215. The molecule has 0 spiro atoms. The van der Waals surface area contributed by atoms with Crippen molar-refractivity contribution in [2.45, 2.75) is 50.2 Å². The van der Waals surface area contributed by atoms with Crippen LogP contribution in [0.4, 0.5) is 4.79 Å². The number of ether oxygens (including phenoxy) is 1. The van der Waals surface area contributed by atoms with Gasteiger partial charge < -0.3 is 19.6 Å². The molecule has 1 amide bonds. The zero-order chi connectivity index (χ0) is 27.3. The molecule has 1 saturated heterocycles. The third-order valence-corrected chi connectivity index (χ3v) is 7.60. The van der Waals surface area contributed by atoms with E-state index >= 15 is 0 Å². The van der Waals surface area contributed by atoms with Gasteiger partial charge in [-0.05, 0) is 43.5 Å². The minimum Gasteiger partial charge on any atom is -0.474 e. The first-order valence-corrected chi connectivity index (χ1v) is 14.0. The molecule has 10 nitrogen and oxygen atoms in total. The highest BCUT2D eigenvalue weighted by Gasteiger charge is 2.33. The summed E-state index contributed by atoms with van der Waals surface area (Å²) in [7, 11) is -3.28. The van der Waals surface area contributed by atoms with Gasteiger partial charge in [-0.1, -0.05) is 47.6 Å². The third-order valence-electron chi connectivity index (χ3n) is 6.47. The highest BCUT2D eigenvalue weighted by atomic mass is 32.2. The molecule has 4 rings (SSSR count). The summed E-state index contributed by atoms with van der Waals surface area (Å²) in [5.41, 5.74) is 2.87. The van der Waals surface area contributed by atoms with E-state index in [9.17, 15) is 18.3 Å². The van der Waals surface area contributed by atoms with Gasteiger partial charge in [0, 0.05) is 31.7 Å². The molecule has 2 unspecified atom stereocenters. The smallest absolute Gasteiger partial charge is 0.407 e. The minimum atomic E-state index is -3.28. The first kappa shape index (κ1) is 27.1. The number of benzene rings is 2. The van der Waals surface area contributed by atoms with Crippen molar-refractivity contribution < 1.29 is 27.9 Å². The van der Waals surface area contributed by atoms with Crippen LogP contribution in [0.25, 0.3) is 0 Å². The van der Waals surface area contributed by atoms with Crippen molar-refractivity contribution in [1.29, 1.82) is 0 Å². The van der Waals surface area contributed by atoms with E-state index in [2.05, 4.69) is 15.1 Å². The van der Waals surface area contributed by atoms with Crippen molar-refractivity contribution in [2.24, 2.45) is 5.16 Å². The first-order valence-electron chi connectivity index (χ1n) is 12.2. The fourth-order valence-electron chi connectivity index (χ4n) is 4.35. The Morgan fingerprint density at radius 3 is 2.45 bits per heavy atom. The van der Waals surface area contributed by atoms with Gasteiger partial charge in [-0.15, -0.1) is 0 Å². The van der Waals surface area contributed by atoms with Crippen molar-refractivity contribution in [3.8, 4) is 11.8 Å². The molecule has 1 aromatic heterocycles. The van der Waals surface area contributed by atoms with Crippen molar-refractivity contribution in [2.75, 3.05) is 12.8 Å². The topological polar surface area (TPSA) is 131 Å². The van der Waals surface area contributed by atoms with Gasteiger partial charge in [-0.25, -0.2) is 18.2 Å². The van der Waals surface area contributed by atoms with E-state index in [4.69, 9.17) is 9.57 Å². The molecule has 0 bridgehead atoms. The number of hydrogen-bond donors (Lipinski definition) is 1. The van der Waals surface area contributed by atoms with Crippen LogP contribution in [0.15, 0.2) is 71.0 Å². The lowest BCUT2D eigenvalue weighted by Gasteiger charge is -2.37. The monoisotopic (exact) mass is 538 g/mol. The van der Waals surface area contributed by atoms with E-state index in [1.165, 1.54) is 23.4 Å². The molecular formula is C27H30N4O6S. The Bertz CT molecular complexity index is 1410. The molecule has 0 saturated carbocycles. The Balaban J connectivity index is 1.44. The standard InChI is InChI=1S/C27H30N4O6S/c1-18-25(36-23-13-14-31(27(32)33)22(16-23)15-20-7-5-4-6-8-20)28-17-29-26(18)37-30-19(2)21-9-11-24(12-10-21)38(3,34)35/h4-12,17,22-23H,13-16H2,1-3H3,(H,32,33).